The Kier molecular flexibility index (Phi) is 2.02. The fourth-order valence-electron chi connectivity index (χ4n) is 1.17. The van der Waals surface area contributed by atoms with E-state index in [1.807, 2.05) is 17.5 Å². The van der Waals surface area contributed by atoms with Gasteiger partial charge in [0.25, 0.3) is 0 Å². The highest BCUT2D eigenvalue weighted by molar-refractivity contribution is 7.13. The number of nitrogens with two attached hydrogens (primary N) is 1. The van der Waals surface area contributed by atoms with Crippen LogP contribution in [0.5, 0.6) is 0 Å². The lowest BCUT2D eigenvalue weighted by atomic mass is 10.1. The van der Waals surface area contributed by atoms with Gasteiger partial charge in [-0.1, -0.05) is 18.2 Å². The van der Waals surface area contributed by atoms with Crippen LogP contribution < -0.4 is 5.73 Å². The summed E-state index contributed by atoms with van der Waals surface area (Å²) in [5, 5.41) is 1.91. The lowest BCUT2D eigenvalue weighted by Crippen LogP contribution is -1.91. The second-order valence-corrected chi connectivity index (χ2v) is 3.63. The Labute approximate surface area is 79.6 Å². The molecule has 0 aliphatic heterocycles. The van der Waals surface area contributed by atoms with E-state index >= 15 is 0 Å². The van der Waals surface area contributed by atoms with Gasteiger partial charge in [0, 0.05) is 10.4 Å². The molecule has 2 N–H and O–H groups in total. The monoisotopic (exact) mass is 193 g/mol. The van der Waals surface area contributed by atoms with Crippen LogP contribution >= 0.6 is 11.3 Å². The standard InChI is InChI=1S/C10H8FNS/c11-10-7(3-1-4-8(10)12)9-5-2-6-13-9/h1-6H,12H2. The van der Waals surface area contributed by atoms with Gasteiger partial charge in [-0.15, -0.1) is 11.3 Å². The van der Waals surface area contributed by atoms with Crippen molar-refractivity contribution in [1.82, 2.24) is 0 Å². The van der Waals surface area contributed by atoms with Crippen molar-refractivity contribution < 1.29 is 4.39 Å². The minimum Gasteiger partial charge on any atom is -0.396 e. The van der Waals surface area contributed by atoms with Gasteiger partial charge in [0.1, 0.15) is 0 Å². The summed E-state index contributed by atoms with van der Waals surface area (Å²) < 4.78 is 13.4. The fraction of sp³-hybridized carbons (Fsp3) is 0. The van der Waals surface area contributed by atoms with E-state index < -0.39 is 0 Å². The highest BCUT2D eigenvalue weighted by atomic mass is 32.1. The predicted molar refractivity (Wildman–Crippen MR) is 54.1 cm³/mol. The molecule has 0 amide bonds. The number of halogens is 1. The number of nitrogen functional groups attached to an aromatic ring is 1. The van der Waals surface area contributed by atoms with Crippen molar-refractivity contribution >= 4 is 17.0 Å². The van der Waals surface area contributed by atoms with Crippen molar-refractivity contribution in [3.63, 3.8) is 0 Å². The first-order valence-electron chi connectivity index (χ1n) is 3.87. The molecule has 1 aromatic heterocycles. The Morgan fingerprint density at radius 3 is 2.69 bits per heavy atom. The molecule has 0 spiro atoms. The summed E-state index contributed by atoms with van der Waals surface area (Å²) in [6.07, 6.45) is 0. The maximum atomic E-state index is 13.4. The molecule has 0 fully saturated rings. The zero-order valence-electron chi connectivity index (χ0n) is 6.83. The summed E-state index contributed by atoms with van der Waals surface area (Å²) in [7, 11) is 0. The highest BCUT2D eigenvalue weighted by Crippen LogP contribution is 2.29. The second-order valence-electron chi connectivity index (χ2n) is 2.69. The molecule has 2 aromatic rings. The van der Waals surface area contributed by atoms with Crippen molar-refractivity contribution in [3.8, 4) is 10.4 Å². The number of benzene rings is 1. The van der Waals surface area contributed by atoms with Gasteiger partial charge in [-0.3, -0.25) is 0 Å². The summed E-state index contributed by atoms with van der Waals surface area (Å²) in [6, 6.07) is 8.82. The summed E-state index contributed by atoms with van der Waals surface area (Å²) in [5.74, 6) is -0.329. The van der Waals surface area contributed by atoms with E-state index in [4.69, 9.17) is 5.73 Å². The van der Waals surface area contributed by atoms with Gasteiger partial charge in [-0.2, -0.15) is 0 Å². The molecule has 0 saturated carbocycles. The summed E-state index contributed by atoms with van der Waals surface area (Å²) in [4.78, 5) is 0.907. The summed E-state index contributed by atoms with van der Waals surface area (Å²) in [5.41, 5.74) is 6.23. The zero-order chi connectivity index (χ0) is 9.26. The first-order valence-corrected chi connectivity index (χ1v) is 4.75. The minimum atomic E-state index is -0.329. The van der Waals surface area contributed by atoms with Gasteiger partial charge < -0.3 is 5.73 Å². The van der Waals surface area contributed by atoms with Gasteiger partial charge >= 0.3 is 0 Å². The molecule has 0 saturated heterocycles. The van der Waals surface area contributed by atoms with E-state index in [-0.39, 0.29) is 11.5 Å². The lowest BCUT2D eigenvalue weighted by molar-refractivity contribution is 0.636. The molecule has 0 aliphatic rings. The van der Waals surface area contributed by atoms with Crippen LogP contribution in [-0.2, 0) is 0 Å². The predicted octanol–water partition coefficient (Wildman–Crippen LogP) is 3.14. The van der Waals surface area contributed by atoms with E-state index in [1.54, 1.807) is 18.2 Å². The molecule has 66 valence electrons. The van der Waals surface area contributed by atoms with Crippen molar-refractivity contribution in [2.45, 2.75) is 0 Å². The van der Waals surface area contributed by atoms with Crippen LogP contribution in [0.25, 0.3) is 10.4 Å². The second kappa shape index (κ2) is 3.18. The van der Waals surface area contributed by atoms with E-state index in [0.29, 0.717) is 5.56 Å². The van der Waals surface area contributed by atoms with Gasteiger partial charge in [0.05, 0.1) is 5.69 Å². The van der Waals surface area contributed by atoms with Crippen LogP contribution in [0.4, 0.5) is 10.1 Å². The Balaban J connectivity index is 2.59. The first kappa shape index (κ1) is 8.26. The molecule has 1 heterocycles. The molecule has 3 heteroatoms. The Morgan fingerprint density at radius 2 is 2.00 bits per heavy atom. The maximum absolute atomic E-state index is 13.4. The topological polar surface area (TPSA) is 26.0 Å². The normalized spacial score (nSPS) is 10.2. The van der Waals surface area contributed by atoms with Crippen molar-refractivity contribution in [1.29, 1.82) is 0 Å². The van der Waals surface area contributed by atoms with Gasteiger partial charge in [-0.25, -0.2) is 4.39 Å². The van der Waals surface area contributed by atoms with Crippen LogP contribution in [0, 0.1) is 5.82 Å². The quantitative estimate of drug-likeness (QED) is 0.692. The SMILES string of the molecule is Nc1cccc(-c2cccs2)c1F. The molecule has 1 nitrogen and oxygen atoms in total. The molecular formula is C10H8FNS. The Morgan fingerprint density at radius 1 is 1.15 bits per heavy atom. The van der Waals surface area contributed by atoms with E-state index in [2.05, 4.69) is 0 Å². The lowest BCUT2D eigenvalue weighted by Gasteiger charge is -2.01. The average Bonchev–Trinajstić information content (AvgIpc) is 2.62. The van der Waals surface area contributed by atoms with Crippen LogP contribution in [0.15, 0.2) is 35.7 Å². The Bertz CT molecular complexity index is 409. The molecule has 13 heavy (non-hydrogen) atoms. The van der Waals surface area contributed by atoms with Gasteiger partial charge in [0.2, 0.25) is 0 Å². The van der Waals surface area contributed by atoms with Crippen LogP contribution in [0.1, 0.15) is 0 Å². The summed E-state index contributed by atoms with van der Waals surface area (Å²) >= 11 is 1.50. The highest BCUT2D eigenvalue weighted by Gasteiger charge is 2.07. The van der Waals surface area contributed by atoms with E-state index in [9.17, 15) is 4.39 Å². The fourth-order valence-corrected chi connectivity index (χ4v) is 1.92. The van der Waals surface area contributed by atoms with Crippen molar-refractivity contribution in [2.24, 2.45) is 0 Å². The third-order valence-corrected chi connectivity index (χ3v) is 2.72. The van der Waals surface area contributed by atoms with Crippen LogP contribution in [0.2, 0.25) is 0 Å². The molecular weight excluding hydrogens is 185 g/mol. The average molecular weight is 193 g/mol. The third-order valence-electron chi connectivity index (χ3n) is 1.82. The van der Waals surface area contributed by atoms with E-state index in [1.165, 1.54) is 11.3 Å². The third kappa shape index (κ3) is 1.42. The van der Waals surface area contributed by atoms with Crippen molar-refractivity contribution in [3.05, 3.63) is 41.5 Å². The molecule has 0 atom stereocenters. The number of hydrogen-bond donors (Lipinski definition) is 1. The number of anilines is 1. The van der Waals surface area contributed by atoms with Gasteiger partial charge in [0.15, 0.2) is 5.82 Å². The molecule has 2 rings (SSSR count). The largest absolute Gasteiger partial charge is 0.396 e. The van der Waals surface area contributed by atoms with E-state index in [0.717, 1.165) is 4.88 Å². The zero-order valence-corrected chi connectivity index (χ0v) is 7.64. The first-order chi connectivity index (χ1) is 6.29. The molecule has 1 aromatic carbocycles. The van der Waals surface area contributed by atoms with Gasteiger partial charge in [-0.05, 0) is 17.5 Å². The maximum Gasteiger partial charge on any atom is 0.154 e. The smallest absolute Gasteiger partial charge is 0.154 e. The van der Waals surface area contributed by atoms with Crippen LogP contribution in [-0.4, -0.2) is 0 Å². The van der Waals surface area contributed by atoms with Crippen molar-refractivity contribution in [2.75, 3.05) is 5.73 Å². The Hall–Kier alpha value is -1.35. The number of rotatable bonds is 1. The minimum absolute atomic E-state index is 0.200. The molecule has 0 unspecified atom stereocenters. The number of hydrogen-bond acceptors (Lipinski definition) is 2. The molecule has 0 radical (unpaired) electrons. The summed E-state index contributed by atoms with van der Waals surface area (Å²) in [6.45, 7) is 0. The molecule has 0 aliphatic carbocycles. The molecule has 0 bridgehead atoms. The van der Waals surface area contributed by atoms with Crippen LogP contribution in [0.3, 0.4) is 0 Å². The number of thiophene rings is 1.